The Morgan fingerprint density at radius 2 is 1.71 bits per heavy atom. The summed E-state index contributed by atoms with van der Waals surface area (Å²) in [6.45, 7) is 2.31. The zero-order valence-corrected chi connectivity index (χ0v) is 20.0. The van der Waals surface area contributed by atoms with Crippen LogP contribution in [0.1, 0.15) is 16.7 Å². The van der Waals surface area contributed by atoms with Gasteiger partial charge in [0.25, 0.3) is 5.91 Å². The van der Waals surface area contributed by atoms with E-state index in [1.807, 2.05) is 55.5 Å². The lowest BCUT2D eigenvalue weighted by Crippen LogP contribution is -2.32. The second-order valence-electron chi connectivity index (χ2n) is 8.23. The molecule has 1 aliphatic rings. The number of carbonyl (C=O) groups is 2. The summed E-state index contributed by atoms with van der Waals surface area (Å²) >= 11 is 1.19. The highest BCUT2D eigenvalue weighted by molar-refractivity contribution is 8.05. The number of nitriles is 1. The number of nitrogens with one attached hydrogen (secondary N) is 1. The second-order valence-corrected chi connectivity index (χ2v) is 9.42. The SMILES string of the molecule is Cc1ccc(N2C(=O)[C@@H](Cc3ccc(F)cc3)S/C2=C(\C#N)C(=O)NCCc2ccccc2)cc1. The van der Waals surface area contributed by atoms with Crippen molar-refractivity contribution in [2.75, 3.05) is 11.4 Å². The van der Waals surface area contributed by atoms with Gasteiger partial charge in [-0.1, -0.05) is 71.9 Å². The van der Waals surface area contributed by atoms with Crippen LogP contribution in [0.2, 0.25) is 0 Å². The highest BCUT2D eigenvalue weighted by Gasteiger charge is 2.40. The van der Waals surface area contributed by atoms with Crippen LogP contribution in [0.5, 0.6) is 0 Å². The first-order valence-electron chi connectivity index (χ1n) is 11.2. The molecular formula is C28H24FN3O2S. The summed E-state index contributed by atoms with van der Waals surface area (Å²) in [5.41, 5.74) is 3.40. The second kappa shape index (κ2) is 11.0. The molecule has 0 radical (unpaired) electrons. The Morgan fingerprint density at radius 1 is 1.03 bits per heavy atom. The zero-order valence-electron chi connectivity index (χ0n) is 19.2. The van der Waals surface area contributed by atoms with E-state index in [1.165, 1.54) is 28.8 Å². The monoisotopic (exact) mass is 485 g/mol. The fraction of sp³-hybridized carbons (Fsp3) is 0.179. The number of benzene rings is 3. The van der Waals surface area contributed by atoms with Crippen molar-refractivity contribution in [3.8, 4) is 6.07 Å². The predicted octanol–water partition coefficient (Wildman–Crippen LogP) is 4.92. The van der Waals surface area contributed by atoms with Gasteiger partial charge in [0.05, 0.1) is 5.25 Å². The van der Waals surface area contributed by atoms with Crippen LogP contribution in [0.4, 0.5) is 10.1 Å². The molecule has 1 fully saturated rings. The lowest BCUT2D eigenvalue weighted by Gasteiger charge is -2.19. The van der Waals surface area contributed by atoms with E-state index in [4.69, 9.17) is 0 Å². The molecule has 0 aromatic heterocycles. The molecule has 35 heavy (non-hydrogen) atoms. The number of hydrogen-bond acceptors (Lipinski definition) is 4. The standard InChI is InChI=1S/C28H24FN3O2S/c1-19-7-13-23(14-8-19)32-27(34)25(17-21-9-11-22(29)12-10-21)35-28(32)24(18-30)26(33)31-16-15-20-5-3-2-4-6-20/h2-14,25H,15-17H2,1H3,(H,31,33)/b28-24+/t25-/m1/s1. The van der Waals surface area contributed by atoms with Gasteiger partial charge in [0.1, 0.15) is 22.5 Å². The molecular weight excluding hydrogens is 461 g/mol. The van der Waals surface area contributed by atoms with E-state index in [-0.39, 0.29) is 17.3 Å². The van der Waals surface area contributed by atoms with Gasteiger partial charge in [-0.15, -0.1) is 0 Å². The van der Waals surface area contributed by atoms with Crippen LogP contribution < -0.4 is 10.2 Å². The molecule has 5 nitrogen and oxygen atoms in total. The molecule has 1 saturated heterocycles. The Morgan fingerprint density at radius 3 is 2.37 bits per heavy atom. The van der Waals surface area contributed by atoms with Gasteiger partial charge in [-0.05, 0) is 55.2 Å². The third kappa shape index (κ3) is 5.79. The minimum Gasteiger partial charge on any atom is -0.351 e. The van der Waals surface area contributed by atoms with Gasteiger partial charge in [-0.25, -0.2) is 4.39 Å². The van der Waals surface area contributed by atoms with Crippen LogP contribution in [0, 0.1) is 24.1 Å². The van der Waals surface area contributed by atoms with E-state index >= 15 is 0 Å². The molecule has 2 amide bonds. The quantitative estimate of drug-likeness (QED) is 0.381. The largest absolute Gasteiger partial charge is 0.351 e. The van der Waals surface area contributed by atoms with Crippen molar-refractivity contribution in [1.82, 2.24) is 5.32 Å². The van der Waals surface area contributed by atoms with Gasteiger partial charge < -0.3 is 5.32 Å². The van der Waals surface area contributed by atoms with E-state index < -0.39 is 11.2 Å². The summed E-state index contributed by atoms with van der Waals surface area (Å²) in [7, 11) is 0. The van der Waals surface area contributed by atoms with E-state index in [1.54, 1.807) is 24.3 Å². The van der Waals surface area contributed by atoms with Gasteiger partial charge in [-0.2, -0.15) is 5.26 Å². The van der Waals surface area contributed by atoms with E-state index in [0.717, 1.165) is 16.7 Å². The molecule has 7 heteroatoms. The molecule has 0 bridgehead atoms. The molecule has 1 atom stereocenters. The Hall–Kier alpha value is -3.89. The average molecular weight is 486 g/mol. The smallest absolute Gasteiger partial charge is 0.264 e. The van der Waals surface area contributed by atoms with Crippen molar-refractivity contribution < 1.29 is 14.0 Å². The molecule has 176 valence electrons. The predicted molar refractivity (Wildman–Crippen MR) is 136 cm³/mol. The Balaban J connectivity index is 1.61. The number of anilines is 1. The van der Waals surface area contributed by atoms with Gasteiger partial charge >= 0.3 is 0 Å². The van der Waals surface area contributed by atoms with E-state index in [2.05, 4.69) is 5.32 Å². The summed E-state index contributed by atoms with van der Waals surface area (Å²) in [4.78, 5) is 27.9. The Labute approximate surface area is 208 Å². The van der Waals surface area contributed by atoms with E-state index in [0.29, 0.717) is 30.1 Å². The minimum atomic E-state index is -0.544. The normalized spacial score (nSPS) is 16.7. The maximum Gasteiger partial charge on any atom is 0.264 e. The average Bonchev–Trinajstić information content (AvgIpc) is 3.17. The maximum absolute atomic E-state index is 13.5. The third-order valence-electron chi connectivity index (χ3n) is 5.67. The first-order chi connectivity index (χ1) is 17.0. The zero-order chi connectivity index (χ0) is 24.8. The highest BCUT2D eigenvalue weighted by Crippen LogP contribution is 2.42. The van der Waals surface area contributed by atoms with E-state index in [9.17, 15) is 19.2 Å². The maximum atomic E-state index is 13.5. The minimum absolute atomic E-state index is 0.0985. The molecule has 0 aliphatic carbocycles. The fourth-order valence-electron chi connectivity index (χ4n) is 3.80. The number of carbonyl (C=O) groups excluding carboxylic acids is 2. The lowest BCUT2D eigenvalue weighted by molar-refractivity contribution is -0.117. The van der Waals surface area contributed by atoms with Gasteiger partial charge in [0.15, 0.2) is 0 Å². The van der Waals surface area contributed by atoms with Crippen molar-refractivity contribution in [3.05, 3.63) is 112 Å². The Bertz CT molecular complexity index is 1280. The topological polar surface area (TPSA) is 73.2 Å². The fourth-order valence-corrected chi connectivity index (χ4v) is 5.11. The summed E-state index contributed by atoms with van der Waals surface area (Å²) in [6, 6.07) is 25.1. The lowest BCUT2D eigenvalue weighted by atomic mass is 10.1. The molecule has 0 unspecified atom stereocenters. The summed E-state index contributed by atoms with van der Waals surface area (Å²) < 4.78 is 13.3. The number of hydrogen-bond donors (Lipinski definition) is 1. The van der Waals surface area contributed by atoms with Crippen molar-refractivity contribution in [2.45, 2.75) is 25.0 Å². The number of thioether (sulfide) groups is 1. The molecule has 1 heterocycles. The first kappa shape index (κ1) is 24.2. The van der Waals surface area contributed by atoms with Crippen LogP contribution in [-0.4, -0.2) is 23.6 Å². The van der Waals surface area contributed by atoms with Crippen molar-refractivity contribution in [1.29, 1.82) is 5.26 Å². The van der Waals surface area contributed by atoms with Crippen molar-refractivity contribution >= 4 is 29.3 Å². The van der Waals surface area contributed by atoms with Crippen LogP contribution in [-0.2, 0) is 22.4 Å². The number of halogens is 1. The number of rotatable bonds is 7. The number of nitrogens with zero attached hydrogens (tertiary/aromatic N) is 2. The Kier molecular flexibility index (Phi) is 7.64. The van der Waals surface area contributed by atoms with Crippen LogP contribution in [0.15, 0.2) is 89.5 Å². The van der Waals surface area contributed by atoms with Gasteiger partial charge in [-0.3, -0.25) is 14.5 Å². The van der Waals surface area contributed by atoms with Crippen LogP contribution in [0.25, 0.3) is 0 Å². The van der Waals surface area contributed by atoms with Crippen LogP contribution >= 0.6 is 11.8 Å². The highest BCUT2D eigenvalue weighted by atomic mass is 32.2. The number of amides is 2. The summed E-state index contributed by atoms with van der Waals surface area (Å²) in [5.74, 6) is -1.08. The van der Waals surface area contributed by atoms with Crippen molar-refractivity contribution in [3.63, 3.8) is 0 Å². The van der Waals surface area contributed by atoms with Gasteiger partial charge in [0, 0.05) is 12.2 Å². The summed E-state index contributed by atoms with van der Waals surface area (Å²) in [5, 5.41) is 12.5. The van der Waals surface area contributed by atoms with Gasteiger partial charge in [0.2, 0.25) is 5.91 Å². The molecule has 1 aliphatic heterocycles. The number of aryl methyl sites for hydroxylation is 1. The molecule has 0 spiro atoms. The molecule has 1 N–H and O–H groups in total. The molecule has 3 aromatic rings. The summed E-state index contributed by atoms with van der Waals surface area (Å²) in [6.07, 6.45) is 0.978. The van der Waals surface area contributed by atoms with Crippen LogP contribution in [0.3, 0.4) is 0 Å². The molecule has 4 rings (SSSR count). The van der Waals surface area contributed by atoms with Crippen molar-refractivity contribution in [2.24, 2.45) is 0 Å². The first-order valence-corrected chi connectivity index (χ1v) is 12.1. The molecule has 0 saturated carbocycles. The third-order valence-corrected chi connectivity index (χ3v) is 6.94. The molecule has 3 aromatic carbocycles.